The Bertz CT molecular complexity index is 911. The predicted octanol–water partition coefficient (Wildman–Crippen LogP) is 2.83. The zero-order valence-electron chi connectivity index (χ0n) is 12.2. The van der Waals surface area contributed by atoms with Crippen LogP contribution in [0, 0.1) is 12.3 Å². The Hall–Kier alpha value is -3.53. The first-order valence-corrected chi connectivity index (χ1v) is 6.63. The van der Waals surface area contributed by atoms with Crippen molar-refractivity contribution in [1.29, 1.82) is 0 Å². The van der Waals surface area contributed by atoms with Gasteiger partial charge in [-0.25, -0.2) is 14.8 Å². The first kappa shape index (κ1) is 14.4. The molecule has 3 rings (SSSR count). The zero-order chi connectivity index (χ0) is 16.2. The van der Waals surface area contributed by atoms with E-state index in [4.69, 9.17) is 11.2 Å². The molecule has 7 heteroatoms. The summed E-state index contributed by atoms with van der Waals surface area (Å²) in [6.45, 7) is 0. The third-order valence-corrected chi connectivity index (χ3v) is 3.09. The zero-order valence-corrected chi connectivity index (χ0v) is 12.2. The van der Waals surface area contributed by atoms with Crippen LogP contribution in [0.25, 0.3) is 11.0 Å². The maximum atomic E-state index is 11.3. The van der Waals surface area contributed by atoms with Crippen molar-refractivity contribution >= 4 is 28.7 Å². The third-order valence-electron chi connectivity index (χ3n) is 3.09. The second-order valence-corrected chi connectivity index (χ2v) is 4.51. The monoisotopic (exact) mass is 308 g/mol. The van der Waals surface area contributed by atoms with Gasteiger partial charge in [-0.2, -0.15) is 0 Å². The van der Waals surface area contributed by atoms with Crippen molar-refractivity contribution in [2.45, 2.75) is 0 Å². The van der Waals surface area contributed by atoms with Crippen molar-refractivity contribution in [2.75, 3.05) is 12.4 Å². The van der Waals surface area contributed by atoms with E-state index in [2.05, 4.69) is 30.9 Å². The summed E-state index contributed by atoms with van der Waals surface area (Å²) in [7, 11) is 1.23. The van der Waals surface area contributed by atoms with E-state index in [9.17, 15) is 4.79 Å². The number of carbonyl (C=O) groups excluding carboxylic acids is 1. The summed E-state index contributed by atoms with van der Waals surface area (Å²) in [4.78, 5) is 22.5. The van der Waals surface area contributed by atoms with Crippen molar-refractivity contribution in [3.8, 4) is 18.1 Å². The van der Waals surface area contributed by atoms with Crippen LogP contribution in [0.5, 0.6) is 5.75 Å². The van der Waals surface area contributed by atoms with E-state index >= 15 is 0 Å². The number of aromatic nitrogens is 3. The van der Waals surface area contributed by atoms with Gasteiger partial charge in [-0.3, -0.25) is 0 Å². The molecule has 2 aromatic heterocycles. The average Bonchev–Trinajstić information content (AvgIpc) is 2.99. The normalized spacial score (nSPS) is 10.1. The van der Waals surface area contributed by atoms with Crippen molar-refractivity contribution < 1.29 is 14.3 Å². The number of H-pyrrole nitrogens is 1. The van der Waals surface area contributed by atoms with Gasteiger partial charge in [0.15, 0.2) is 5.75 Å². The van der Waals surface area contributed by atoms with Crippen molar-refractivity contribution in [1.82, 2.24) is 15.0 Å². The molecule has 0 unspecified atom stereocenters. The minimum Gasteiger partial charge on any atom is -0.437 e. The van der Waals surface area contributed by atoms with Gasteiger partial charge in [0, 0.05) is 17.4 Å². The molecule has 0 fully saturated rings. The molecule has 2 heterocycles. The molecule has 0 atom stereocenters. The lowest BCUT2D eigenvalue weighted by Gasteiger charge is -2.08. The third kappa shape index (κ3) is 2.91. The fourth-order valence-corrected chi connectivity index (χ4v) is 2.06. The predicted molar refractivity (Wildman–Crippen MR) is 84.6 cm³/mol. The Morgan fingerprint density at radius 1 is 1.39 bits per heavy atom. The Morgan fingerprint density at radius 2 is 2.26 bits per heavy atom. The van der Waals surface area contributed by atoms with Gasteiger partial charge in [0.1, 0.15) is 23.2 Å². The van der Waals surface area contributed by atoms with E-state index in [0.717, 1.165) is 11.3 Å². The van der Waals surface area contributed by atoms with Gasteiger partial charge in [-0.15, -0.1) is 6.42 Å². The molecule has 0 radical (unpaired) electrons. The first-order chi connectivity index (χ1) is 11.2. The maximum absolute atomic E-state index is 11.3. The van der Waals surface area contributed by atoms with Crippen LogP contribution in [-0.2, 0) is 4.74 Å². The number of hydrogen-bond acceptors (Lipinski definition) is 6. The van der Waals surface area contributed by atoms with E-state index in [1.165, 1.54) is 19.6 Å². The molecule has 114 valence electrons. The highest BCUT2D eigenvalue weighted by molar-refractivity contribution is 5.95. The second kappa shape index (κ2) is 6.07. The summed E-state index contributed by atoms with van der Waals surface area (Å²) in [5.74, 6) is 3.31. The number of aromatic amines is 1. The molecule has 1 aromatic carbocycles. The Morgan fingerprint density at radius 3 is 3.04 bits per heavy atom. The fraction of sp³-hybridized carbons (Fsp3) is 0.0625. The highest BCUT2D eigenvalue weighted by Crippen LogP contribution is 2.31. The number of nitrogens with one attached hydrogen (secondary N) is 2. The Kier molecular flexibility index (Phi) is 3.80. The molecule has 0 bridgehead atoms. The largest absolute Gasteiger partial charge is 0.513 e. The van der Waals surface area contributed by atoms with E-state index in [1.807, 2.05) is 18.2 Å². The molecule has 2 N–H and O–H groups in total. The van der Waals surface area contributed by atoms with Crippen LogP contribution in [0.15, 0.2) is 36.8 Å². The molecule has 3 aromatic rings. The number of fused-ring (bicyclic) bond motifs is 1. The van der Waals surface area contributed by atoms with Crippen LogP contribution in [0.2, 0.25) is 0 Å². The molecule has 0 aliphatic heterocycles. The molecule has 0 amide bonds. The van der Waals surface area contributed by atoms with Gasteiger partial charge in [0.2, 0.25) is 0 Å². The molecular formula is C16H12N4O3. The molecule has 0 saturated carbocycles. The number of rotatable bonds is 3. The summed E-state index contributed by atoms with van der Waals surface area (Å²) >= 11 is 0. The number of ether oxygens (including phenoxy) is 2. The minimum absolute atomic E-state index is 0.267. The number of anilines is 2. The molecule has 0 spiro atoms. The van der Waals surface area contributed by atoms with Crippen molar-refractivity contribution in [3.05, 3.63) is 42.4 Å². The SMILES string of the molecule is C#Cc1cccc(Nc2ncnc3[nH]cc(OC(=O)OC)c23)c1. The maximum Gasteiger partial charge on any atom is 0.513 e. The quantitative estimate of drug-likeness (QED) is 0.571. The van der Waals surface area contributed by atoms with E-state index in [0.29, 0.717) is 16.9 Å². The molecule has 7 nitrogen and oxygen atoms in total. The Labute approximate surface area is 131 Å². The summed E-state index contributed by atoms with van der Waals surface area (Å²) in [6.07, 6.45) is 7.49. The topological polar surface area (TPSA) is 89.1 Å². The fourth-order valence-electron chi connectivity index (χ4n) is 2.06. The number of terminal acetylenes is 1. The number of benzene rings is 1. The van der Waals surface area contributed by atoms with Gasteiger partial charge >= 0.3 is 6.16 Å². The van der Waals surface area contributed by atoms with E-state index < -0.39 is 6.16 Å². The number of hydrogen-bond donors (Lipinski definition) is 2. The van der Waals surface area contributed by atoms with Crippen molar-refractivity contribution in [2.24, 2.45) is 0 Å². The molecule has 0 aliphatic rings. The van der Waals surface area contributed by atoms with Gasteiger partial charge in [0.25, 0.3) is 0 Å². The van der Waals surface area contributed by atoms with Crippen LogP contribution in [0.4, 0.5) is 16.3 Å². The van der Waals surface area contributed by atoms with Crippen LogP contribution in [-0.4, -0.2) is 28.2 Å². The molecular weight excluding hydrogens is 296 g/mol. The summed E-state index contributed by atoms with van der Waals surface area (Å²) < 4.78 is 9.60. The number of carbonyl (C=O) groups is 1. The van der Waals surface area contributed by atoms with Gasteiger partial charge < -0.3 is 19.8 Å². The van der Waals surface area contributed by atoms with E-state index in [1.54, 1.807) is 6.07 Å². The van der Waals surface area contributed by atoms with Gasteiger partial charge in [-0.1, -0.05) is 12.0 Å². The van der Waals surface area contributed by atoms with Crippen LogP contribution >= 0.6 is 0 Å². The Balaban J connectivity index is 2.01. The average molecular weight is 308 g/mol. The van der Waals surface area contributed by atoms with Gasteiger partial charge in [-0.05, 0) is 18.2 Å². The molecule has 23 heavy (non-hydrogen) atoms. The summed E-state index contributed by atoms with van der Waals surface area (Å²) in [5.41, 5.74) is 2.01. The van der Waals surface area contributed by atoms with Gasteiger partial charge in [0.05, 0.1) is 7.11 Å². The molecule has 0 aliphatic carbocycles. The lowest BCUT2D eigenvalue weighted by Crippen LogP contribution is -2.07. The first-order valence-electron chi connectivity index (χ1n) is 6.63. The minimum atomic E-state index is -0.824. The number of methoxy groups -OCH3 is 1. The highest BCUT2D eigenvalue weighted by atomic mass is 16.7. The van der Waals surface area contributed by atoms with Crippen LogP contribution in [0.3, 0.4) is 0 Å². The highest BCUT2D eigenvalue weighted by Gasteiger charge is 2.15. The summed E-state index contributed by atoms with van der Waals surface area (Å²) in [6, 6.07) is 7.31. The van der Waals surface area contributed by atoms with Crippen LogP contribution in [0.1, 0.15) is 5.56 Å². The van der Waals surface area contributed by atoms with Crippen LogP contribution < -0.4 is 10.1 Å². The standard InChI is InChI=1S/C16H12N4O3/c1-3-10-5-4-6-11(7-10)20-15-13-12(23-16(21)22-2)8-17-14(13)18-9-19-15/h1,4-9H,2H3,(H2,17,18,19,20). The van der Waals surface area contributed by atoms with Crippen molar-refractivity contribution in [3.63, 3.8) is 0 Å². The smallest absolute Gasteiger partial charge is 0.437 e. The molecule has 0 saturated heterocycles. The lowest BCUT2D eigenvalue weighted by molar-refractivity contribution is 0.122. The number of nitrogens with zero attached hydrogens (tertiary/aromatic N) is 2. The second-order valence-electron chi connectivity index (χ2n) is 4.51. The lowest BCUT2D eigenvalue weighted by atomic mass is 10.2. The summed E-state index contributed by atoms with van der Waals surface area (Å²) in [5, 5.41) is 3.67. The van der Waals surface area contributed by atoms with E-state index in [-0.39, 0.29) is 5.75 Å².